The fourth-order valence-electron chi connectivity index (χ4n) is 2.00. The molecule has 0 aliphatic heterocycles. The first kappa shape index (κ1) is 15.5. The van der Waals surface area contributed by atoms with Crippen LogP contribution in [0.15, 0.2) is 40.6 Å². The zero-order valence-electron chi connectivity index (χ0n) is 11.7. The van der Waals surface area contributed by atoms with Gasteiger partial charge < -0.3 is 0 Å². The van der Waals surface area contributed by atoms with Crippen LogP contribution in [0.3, 0.4) is 0 Å². The second-order valence-corrected chi connectivity index (χ2v) is 8.91. The topological polar surface area (TPSA) is 0 Å². The Morgan fingerprint density at radius 3 is 2.22 bits per heavy atom. The third-order valence-electron chi connectivity index (χ3n) is 2.90. The molecule has 0 saturated carbocycles. The molecule has 1 atom stereocenters. The van der Waals surface area contributed by atoms with E-state index in [1.165, 1.54) is 5.56 Å². The molecule has 0 fully saturated rings. The van der Waals surface area contributed by atoms with Crippen molar-refractivity contribution < 1.29 is 4.39 Å². The summed E-state index contributed by atoms with van der Waals surface area (Å²) in [5, 5.41) is 1.06. The van der Waals surface area contributed by atoms with Gasteiger partial charge in [0, 0.05) is 0 Å². The third-order valence-corrected chi connectivity index (χ3v) is 7.16. The minimum atomic E-state index is -1.00. The van der Waals surface area contributed by atoms with Crippen LogP contribution in [0, 0.1) is 0 Å². The Kier molecular flexibility index (Phi) is 7.30. The Morgan fingerprint density at radius 1 is 1.06 bits per heavy atom. The molecule has 0 aliphatic carbocycles. The Hall–Kier alpha value is -0.591. The van der Waals surface area contributed by atoms with Gasteiger partial charge in [-0.15, -0.1) is 0 Å². The molecule has 0 spiro atoms. The summed E-state index contributed by atoms with van der Waals surface area (Å²) in [5.41, 5.74) is 1.35. The molecule has 0 radical (unpaired) electrons. The molecule has 0 aliphatic rings. The van der Waals surface area contributed by atoms with Crippen molar-refractivity contribution in [2.45, 2.75) is 50.7 Å². The molecule has 1 aromatic carbocycles. The van der Waals surface area contributed by atoms with Gasteiger partial charge in [0.25, 0.3) is 0 Å². The molecular weight excluding hydrogens is 290 g/mol. The van der Waals surface area contributed by atoms with Gasteiger partial charge in [-0.25, -0.2) is 0 Å². The zero-order chi connectivity index (χ0) is 13.4. The first-order valence-electron chi connectivity index (χ1n) is 6.73. The van der Waals surface area contributed by atoms with Crippen molar-refractivity contribution in [3.8, 4) is 0 Å². The van der Waals surface area contributed by atoms with Crippen LogP contribution in [0.5, 0.6) is 0 Å². The van der Waals surface area contributed by atoms with E-state index in [4.69, 9.17) is 0 Å². The van der Waals surface area contributed by atoms with E-state index in [-0.39, 0.29) is 5.83 Å². The molecule has 18 heavy (non-hydrogen) atoms. The van der Waals surface area contributed by atoms with Gasteiger partial charge in [0.1, 0.15) is 0 Å². The third kappa shape index (κ3) is 4.96. The second kappa shape index (κ2) is 8.50. The normalized spacial score (nSPS) is 14.2. The van der Waals surface area contributed by atoms with Gasteiger partial charge in [0.2, 0.25) is 0 Å². The van der Waals surface area contributed by atoms with E-state index in [0.717, 1.165) is 29.1 Å². The molecule has 0 nitrogen and oxygen atoms in total. The minimum absolute atomic E-state index is 0.183. The van der Waals surface area contributed by atoms with Gasteiger partial charge in [-0.05, 0) is 0 Å². The van der Waals surface area contributed by atoms with Crippen molar-refractivity contribution in [1.82, 2.24) is 0 Å². The number of benzene rings is 1. The molecule has 100 valence electrons. The van der Waals surface area contributed by atoms with Crippen molar-refractivity contribution in [2.24, 2.45) is 0 Å². The molecule has 0 saturated heterocycles. The molecular formula is C16H24FSe+. The number of hydrogen-bond donors (Lipinski definition) is 0. The monoisotopic (exact) mass is 315 g/mol. The Labute approximate surface area is 115 Å². The Balaban J connectivity index is 2.77. The molecule has 0 amide bonds. The van der Waals surface area contributed by atoms with Crippen LogP contribution in [-0.4, -0.2) is 13.9 Å². The van der Waals surface area contributed by atoms with Gasteiger partial charge in [0.05, 0.1) is 0 Å². The van der Waals surface area contributed by atoms with Gasteiger partial charge in [-0.3, -0.25) is 0 Å². The fourth-order valence-corrected chi connectivity index (χ4v) is 5.98. The van der Waals surface area contributed by atoms with Crippen molar-refractivity contribution in [3.05, 3.63) is 46.2 Å². The van der Waals surface area contributed by atoms with E-state index in [1.807, 2.05) is 13.0 Å². The molecule has 0 heterocycles. The van der Waals surface area contributed by atoms with Gasteiger partial charge >= 0.3 is 115 Å². The Bertz CT molecular complexity index is 370. The molecule has 2 heteroatoms. The fraction of sp³-hybridized carbons (Fsp3) is 0.500. The van der Waals surface area contributed by atoms with Gasteiger partial charge in [-0.1, -0.05) is 0 Å². The van der Waals surface area contributed by atoms with Gasteiger partial charge in [0.15, 0.2) is 0 Å². The first-order valence-corrected chi connectivity index (χ1v) is 10.5. The number of rotatable bonds is 7. The van der Waals surface area contributed by atoms with Crippen LogP contribution >= 0.6 is 0 Å². The zero-order valence-corrected chi connectivity index (χ0v) is 13.4. The second-order valence-electron chi connectivity index (χ2n) is 4.60. The van der Waals surface area contributed by atoms with Crippen molar-refractivity contribution >= 4 is 13.9 Å². The maximum atomic E-state index is 14.1. The Morgan fingerprint density at radius 2 is 1.67 bits per heavy atom. The van der Waals surface area contributed by atoms with E-state index in [2.05, 4.69) is 37.0 Å². The number of hydrogen-bond acceptors (Lipinski definition) is 0. The average molecular weight is 314 g/mol. The summed E-state index contributed by atoms with van der Waals surface area (Å²) in [6.45, 7) is 4.19. The van der Waals surface area contributed by atoms with Crippen LogP contribution in [0.1, 0.15) is 45.1 Å². The molecule has 1 aromatic rings. The van der Waals surface area contributed by atoms with E-state index in [0.29, 0.717) is 6.42 Å². The number of halogens is 1. The van der Waals surface area contributed by atoms with E-state index in [9.17, 15) is 4.39 Å². The predicted molar refractivity (Wildman–Crippen MR) is 79.7 cm³/mol. The SMILES string of the molecule is CCC/C(F)=C(/CCC)[Se+](C)Cc1ccccc1. The van der Waals surface area contributed by atoms with Gasteiger partial charge in [-0.2, -0.15) is 0 Å². The van der Waals surface area contributed by atoms with Crippen LogP contribution in [0.2, 0.25) is 5.82 Å². The summed E-state index contributed by atoms with van der Waals surface area (Å²) in [7, 11) is 0. The maximum absolute atomic E-state index is 14.1. The summed E-state index contributed by atoms with van der Waals surface area (Å²) in [4.78, 5) is 0. The van der Waals surface area contributed by atoms with Crippen LogP contribution in [0.25, 0.3) is 0 Å². The summed E-state index contributed by atoms with van der Waals surface area (Å²) < 4.78 is 15.3. The molecule has 0 bridgehead atoms. The number of allylic oxidation sites excluding steroid dienone is 2. The van der Waals surface area contributed by atoms with Crippen molar-refractivity contribution in [2.75, 3.05) is 0 Å². The van der Waals surface area contributed by atoms with Crippen LogP contribution < -0.4 is 0 Å². The quantitative estimate of drug-likeness (QED) is 0.603. The standard InChI is InChI=1S/C16H24FSe/c1-4-9-15(17)16(10-5-2)18(3)13-14-11-7-6-8-12-14/h6-8,11-12H,4-5,9-10,13H2,1-3H3/q+1/b16-15+. The molecule has 1 unspecified atom stereocenters. The average Bonchev–Trinajstić information content (AvgIpc) is 2.37. The summed E-state index contributed by atoms with van der Waals surface area (Å²) in [5.74, 6) is 2.45. The first-order chi connectivity index (χ1) is 8.69. The molecule has 1 rings (SSSR count). The van der Waals surface area contributed by atoms with E-state index >= 15 is 0 Å². The molecule has 0 aromatic heterocycles. The molecule has 0 N–H and O–H groups in total. The van der Waals surface area contributed by atoms with E-state index < -0.39 is 13.9 Å². The van der Waals surface area contributed by atoms with Crippen molar-refractivity contribution in [1.29, 1.82) is 0 Å². The van der Waals surface area contributed by atoms with Crippen LogP contribution in [0.4, 0.5) is 4.39 Å². The summed E-state index contributed by atoms with van der Waals surface area (Å²) in [6, 6.07) is 10.5. The van der Waals surface area contributed by atoms with Crippen molar-refractivity contribution in [3.63, 3.8) is 0 Å². The summed E-state index contributed by atoms with van der Waals surface area (Å²) >= 11 is -1.00. The summed E-state index contributed by atoms with van der Waals surface area (Å²) in [6.07, 6.45) is 3.52. The predicted octanol–water partition coefficient (Wildman–Crippen LogP) is 5.26. The van der Waals surface area contributed by atoms with E-state index in [1.54, 1.807) is 0 Å². The van der Waals surface area contributed by atoms with Crippen LogP contribution in [-0.2, 0) is 5.32 Å².